The fraction of sp³-hybridized carbons (Fsp3) is 0.263. The Morgan fingerprint density at radius 1 is 1.26 bits per heavy atom. The molecule has 0 radical (unpaired) electrons. The van der Waals surface area contributed by atoms with Crippen molar-refractivity contribution in [2.75, 3.05) is 0 Å². The van der Waals surface area contributed by atoms with Gasteiger partial charge in [0.2, 0.25) is 0 Å². The highest BCUT2D eigenvalue weighted by molar-refractivity contribution is 7.97. The van der Waals surface area contributed by atoms with Crippen molar-refractivity contribution in [2.45, 2.75) is 31.8 Å². The molecule has 3 N–H and O–H groups in total. The van der Waals surface area contributed by atoms with Crippen molar-refractivity contribution in [1.82, 2.24) is 14.9 Å². The second-order valence-corrected chi connectivity index (χ2v) is 7.13. The summed E-state index contributed by atoms with van der Waals surface area (Å²) in [5, 5.41) is 11.1. The second kappa shape index (κ2) is 9.46. The number of pyridine rings is 1. The molecule has 0 bridgehead atoms. The first-order valence-electron chi connectivity index (χ1n) is 8.48. The van der Waals surface area contributed by atoms with E-state index in [0.29, 0.717) is 20.8 Å². The van der Waals surface area contributed by atoms with Crippen LogP contribution >= 0.6 is 35.1 Å². The van der Waals surface area contributed by atoms with Crippen LogP contribution in [0.5, 0.6) is 0 Å². The van der Waals surface area contributed by atoms with E-state index in [1.165, 1.54) is 0 Å². The summed E-state index contributed by atoms with van der Waals surface area (Å²) in [5.74, 6) is -0.185. The fourth-order valence-electron chi connectivity index (χ4n) is 2.64. The van der Waals surface area contributed by atoms with Gasteiger partial charge in [-0.25, -0.2) is 4.98 Å². The third-order valence-corrected chi connectivity index (χ3v) is 5.21. The largest absolute Gasteiger partial charge is 0.344 e. The van der Waals surface area contributed by atoms with Gasteiger partial charge in [-0.3, -0.25) is 9.93 Å². The van der Waals surface area contributed by atoms with E-state index >= 15 is 0 Å². The number of aromatic nitrogens is 2. The van der Waals surface area contributed by atoms with Crippen LogP contribution in [0, 0.1) is 0 Å². The molecule has 144 valence electrons. The Kier molecular flexibility index (Phi) is 7.56. The number of benzene rings is 1. The van der Waals surface area contributed by atoms with Crippen LogP contribution in [0.25, 0.3) is 10.9 Å². The number of carbonyl (C=O) groups excluding carboxylic acids is 1. The Morgan fingerprint density at radius 2 is 1.96 bits per heavy atom. The van der Waals surface area contributed by atoms with E-state index in [-0.39, 0.29) is 11.9 Å². The van der Waals surface area contributed by atoms with E-state index in [1.54, 1.807) is 18.3 Å². The minimum absolute atomic E-state index is 0.185. The molecule has 3 aromatic rings. The molecule has 2 heterocycles. The molecule has 0 fully saturated rings. The first kappa shape index (κ1) is 21.6. The van der Waals surface area contributed by atoms with Gasteiger partial charge >= 0.3 is 0 Å². The molecule has 1 aromatic carbocycles. The predicted molar refractivity (Wildman–Crippen MR) is 114 cm³/mol. The number of fused-ring (bicyclic) bond motifs is 1. The number of hydrogen-bond donors (Lipinski definition) is 2. The van der Waals surface area contributed by atoms with E-state index in [2.05, 4.69) is 10.3 Å². The number of nitrogens with two attached hydrogens (primary N) is 1. The summed E-state index contributed by atoms with van der Waals surface area (Å²) in [4.78, 5) is 16.9. The van der Waals surface area contributed by atoms with Crippen molar-refractivity contribution in [3.8, 4) is 0 Å². The van der Waals surface area contributed by atoms with Gasteiger partial charge in [0.15, 0.2) is 0 Å². The molecule has 0 spiro atoms. The second-order valence-electron chi connectivity index (χ2n) is 5.66. The van der Waals surface area contributed by atoms with Gasteiger partial charge in [0, 0.05) is 29.2 Å². The standard InChI is InChI=1S/C17H16Cl2N4OS.C2H6/c1-9(11-5-13(19)17(25-20)21-8-11)22-16(24)15-6-10-3-4-12(18)7-14(10)23(15)2;1-2/h3-9H,20H2,1-2H3,(H,22,24);1-2H3. The number of hydrogen-bond acceptors (Lipinski definition) is 4. The Labute approximate surface area is 173 Å². The van der Waals surface area contributed by atoms with Gasteiger partial charge in [-0.1, -0.05) is 43.1 Å². The Hall–Kier alpha value is -1.73. The first-order valence-corrected chi connectivity index (χ1v) is 10.1. The average Bonchev–Trinajstić information content (AvgIpc) is 2.99. The third kappa shape index (κ3) is 4.76. The zero-order valence-electron chi connectivity index (χ0n) is 15.6. The molecule has 2 aromatic heterocycles. The normalized spacial score (nSPS) is 11.7. The van der Waals surface area contributed by atoms with Crippen LogP contribution in [0.1, 0.15) is 42.9 Å². The van der Waals surface area contributed by atoms with E-state index < -0.39 is 0 Å². The van der Waals surface area contributed by atoms with E-state index in [1.807, 2.05) is 50.6 Å². The molecule has 0 saturated carbocycles. The lowest BCUT2D eigenvalue weighted by Crippen LogP contribution is -2.28. The number of halogens is 2. The smallest absolute Gasteiger partial charge is 0.268 e. The van der Waals surface area contributed by atoms with Crippen molar-refractivity contribution in [3.05, 3.63) is 57.8 Å². The Balaban J connectivity index is 0.00000126. The maximum atomic E-state index is 12.7. The molecule has 0 aliphatic heterocycles. The quantitative estimate of drug-likeness (QED) is 0.552. The average molecular weight is 425 g/mol. The molecule has 1 atom stereocenters. The maximum absolute atomic E-state index is 12.7. The van der Waals surface area contributed by atoms with Crippen molar-refractivity contribution in [1.29, 1.82) is 0 Å². The molecule has 0 saturated heterocycles. The molecule has 1 unspecified atom stereocenters. The third-order valence-electron chi connectivity index (χ3n) is 4.03. The number of rotatable bonds is 4. The molecule has 27 heavy (non-hydrogen) atoms. The summed E-state index contributed by atoms with van der Waals surface area (Å²) in [6, 6.07) is 8.88. The van der Waals surface area contributed by atoms with E-state index in [4.69, 9.17) is 28.3 Å². The number of nitrogens with zero attached hydrogens (tertiary/aromatic N) is 2. The van der Waals surface area contributed by atoms with Crippen molar-refractivity contribution in [3.63, 3.8) is 0 Å². The highest BCUT2D eigenvalue weighted by atomic mass is 35.5. The highest BCUT2D eigenvalue weighted by Gasteiger charge is 2.17. The molecule has 8 heteroatoms. The van der Waals surface area contributed by atoms with Gasteiger partial charge in [0.05, 0.1) is 11.1 Å². The van der Waals surface area contributed by atoms with Gasteiger partial charge < -0.3 is 9.88 Å². The Bertz CT molecular complexity index is 958. The topological polar surface area (TPSA) is 72.9 Å². The zero-order valence-corrected chi connectivity index (χ0v) is 17.9. The van der Waals surface area contributed by atoms with E-state index in [9.17, 15) is 4.79 Å². The van der Waals surface area contributed by atoms with Gasteiger partial charge in [0.25, 0.3) is 5.91 Å². The maximum Gasteiger partial charge on any atom is 0.268 e. The summed E-state index contributed by atoms with van der Waals surface area (Å²) in [7, 11) is 1.84. The first-order chi connectivity index (χ1) is 12.9. The van der Waals surface area contributed by atoms with Gasteiger partial charge in [-0.2, -0.15) is 0 Å². The minimum Gasteiger partial charge on any atom is -0.344 e. The zero-order chi connectivity index (χ0) is 20.1. The molecule has 5 nitrogen and oxygen atoms in total. The number of nitrogens with one attached hydrogen (secondary N) is 1. The SMILES string of the molecule is CC.CC(NC(=O)c1cc2ccc(Cl)cc2n1C)c1cnc(SN)c(Cl)c1. The van der Waals surface area contributed by atoms with Crippen molar-refractivity contribution < 1.29 is 4.79 Å². The lowest BCUT2D eigenvalue weighted by molar-refractivity contribution is 0.0932. The number of amides is 1. The van der Waals surface area contributed by atoms with Crippen LogP contribution < -0.4 is 10.5 Å². The van der Waals surface area contributed by atoms with Gasteiger partial charge in [0.1, 0.15) is 10.7 Å². The van der Waals surface area contributed by atoms with Crippen molar-refractivity contribution >= 4 is 52.0 Å². The Morgan fingerprint density at radius 3 is 2.59 bits per heavy atom. The van der Waals surface area contributed by atoms with Gasteiger partial charge in [-0.05, 0) is 48.7 Å². The predicted octanol–water partition coefficient (Wildman–Crippen LogP) is 5.36. The monoisotopic (exact) mass is 424 g/mol. The fourth-order valence-corrected chi connectivity index (χ4v) is 3.40. The summed E-state index contributed by atoms with van der Waals surface area (Å²) in [6.07, 6.45) is 1.66. The van der Waals surface area contributed by atoms with Crippen LogP contribution in [-0.2, 0) is 7.05 Å². The lowest BCUT2D eigenvalue weighted by atomic mass is 10.1. The summed E-state index contributed by atoms with van der Waals surface area (Å²) >= 11 is 13.2. The minimum atomic E-state index is -0.254. The molecule has 0 aliphatic rings. The molecule has 0 aliphatic carbocycles. The summed E-state index contributed by atoms with van der Waals surface area (Å²) in [5.41, 5.74) is 2.26. The van der Waals surface area contributed by atoms with Gasteiger partial charge in [-0.15, -0.1) is 0 Å². The van der Waals surface area contributed by atoms with Crippen LogP contribution in [0.15, 0.2) is 41.6 Å². The molecular weight excluding hydrogens is 403 g/mol. The summed E-state index contributed by atoms with van der Waals surface area (Å²) < 4.78 is 1.82. The van der Waals surface area contributed by atoms with Crippen LogP contribution in [0.4, 0.5) is 0 Å². The lowest BCUT2D eigenvalue weighted by Gasteiger charge is -2.15. The van der Waals surface area contributed by atoms with E-state index in [0.717, 1.165) is 28.4 Å². The molecule has 1 amide bonds. The molecule has 3 rings (SSSR count). The summed E-state index contributed by atoms with van der Waals surface area (Å²) in [6.45, 7) is 5.88. The molecular formula is C19H22Cl2N4OS. The number of aryl methyl sites for hydroxylation is 1. The van der Waals surface area contributed by atoms with Crippen molar-refractivity contribution in [2.24, 2.45) is 12.2 Å². The highest BCUT2D eigenvalue weighted by Crippen LogP contribution is 2.26. The van der Waals surface area contributed by atoms with Crippen LogP contribution in [-0.4, -0.2) is 15.5 Å². The van der Waals surface area contributed by atoms with Crippen LogP contribution in [0.3, 0.4) is 0 Å². The number of carbonyl (C=O) groups is 1. The van der Waals surface area contributed by atoms with Crippen LogP contribution in [0.2, 0.25) is 10.0 Å².